The highest BCUT2D eigenvalue weighted by molar-refractivity contribution is 5.56. The summed E-state index contributed by atoms with van der Waals surface area (Å²) in [6.07, 6.45) is 3.45. The van der Waals surface area contributed by atoms with Gasteiger partial charge in [-0.2, -0.15) is 0 Å². The molecule has 0 saturated heterocycles. The lowest BCUT2D eigenvalue weighted by molar-refractivity contribution is -0.107. The molecule has 0 spiro atoms. The van der Waals surface area contributed by atoms with Crippen LogP contribution >= 0.6 is 0 Å². The number of hydrogen-bond donors (Lipinski definition) is 0. The van der Waals surface area contributed by atoms with Crippen molar-refractivity contribution < 1.29 is 9.18 Å². The van der Waals surface area contributed by atoms with Crippen molar-refractivity contribution in [3.63, 3.8) is 0 Å². The average Bonchev–Trinajstić information content (AvgIpc) is 2.10. The first-order valence-electron chi connectivity index (χ1n) is 4.09. The Balaban J connectivity index is 3.01. The van der Waals surface area contributed by atoms with Crippen LogP contribution in [0.2, 0.25) is 0 Å². The monoisotopic (exact) mass is 178 g/mol. The van der Waals surface area contributed by atoms with Crippen molar-refractivity contribution in [1.82, 2.24) is 0 Å². The third-order valence-corrected chi connectivity index (χ3v) is 1.84. The van der Waals surface area contributed by atoms with Crippen molar-refractivity contribution in [2.45, 2.75) is 12.8 Å². The molecule has 0 fully saturated rings. The first kappa shape index (κ1) is 9.65. The molecule has 2 heteroatoms. The van der Waals surface area contributed by atoms with E-state index in [1.54, 1.807) is 12.1 Å². The molecule has 0 unspecified atom stereocenters. The number of aldehydes is 1. The van der Waals surface area contributed by atoms with Crippen LogP contribution in [0.3, 0.4) is 0 Å². The van der Waals surface area contributed by atoms with Gasteiger partial charge in [0.15, 0.2) is 0 Å². The molecule has 0 aromatic heterocycles. The minimum Gasteiger partial charge on any atom is -0.303 e. The highest BCUT2D eigenvalue weighted by Gasteiger charge is 2.01. The van der Waals surface area contributed by atoms with Crippen LogP contribution in [0.25, 0.3) is 0 Å². The summed E-state index contributed by atoms with van der Waals surface area (Å²) in [5.74, 6) is -0.272. The highest BCUT2D eigenvalue weighted by atomic mass is 19.1. The largest absolute Gasteiger partial charge is 0.303 e. The Morgan fingerprint density at radius 3 is 2.69 bits per heavy atom. The topological polar surface area (TPSA) is 17.1 Å². The summed E-state index contributed by atoms with van der Waals surface area (Å²) in [6, 6.07) is 4.45. The fraction of sp³-hybridized carbons (Fsp3) is 0.182. The molecule has 0 aliphatic heterocycles. The van der Waals surface area contributed by atoms with Gasteiger partial charge in [-0.3, -0.25) is 0 Å². The molecule has 0 amide bonds. The molecule has 1 aromatic carbocycles. The van der Waals surface area contributed by atoms with Crippen LogP contribution in [0.5, 0.6) is 0 Å². The summed E-state index contributed by atoms with van der Waals surface area (Å²) in [4.78, 5) is 10.3. The molecule has 0 radical (unpaired) electrons. The lowest BCUT2D eigenvalue weighted by Gasteiger charge is -2.03. The second kappa shape index (κ2) is 4.55. The maximum Gasteiger partial charge on any atom is 0.124 e. The number of allylic oxidation sites excluding steroid dienone is 1. The fourth-order valence-electron chi connectivity index (χ4n) is 1.23. The molecule has 68 valence electrons. The predicted molar refractivity (Wildman–Crippen MR) is 50.1 cm³/mol. The normalized spacial score (nSPS) is 9.62. The van der Waals surface area contributed by atoms with Gasteiger partial charge in [-0.25, -0.2) is 4.39 Å². The number of carbonyl (C=O) groups excluding carboxylic acids is 1. The Morgan fingerprint density at radius 2 is 2.08 bits per heavy atom. The molecular formula is C11H11FO. The molecule has 13 heavy (non-hydrogen) atoms. The highest BCUT2D eigenvalue weighted by Crippen LogP contribution is 2.12. The number of halogens is 1. The molecule has 0 atom stereocenters. The van der Waals surface area contributed by atoms with Crippen LogP contribution in [0.4, 0.5) is 4.39 Å². The number of carbonyl (C=O) groups is 1. The van der Waals surface area contributed by atoms with Crippen molar-refractivity contribution >= 4 is 6.29 Å². The zero-order chi connectivity index (χ0) is 9.68. The Kier molecular flexibility index (Phi) is 3.38. The summed E-state index contributed by atoms with van der Waals surface area (Å²) in [5.41, 5.74) is 1.71. The van der Waals surface area contributed by atoms with Gasteiger partial charge in [0.25, 0.3) is 0 Å². The number of rotatable bonds is 4. The van der Waals surface area contributed by atoms with E-state index < -0.39 is 0 Å². The molecule has 1 aromatic rings. The van der Waals surface area contributed by atoms with E-state index in [4.69, 9.17) is 0 Å². The van der Waals surface area contributed by atoms with Crippen LogP contribution < -0.4 is 0 Å². The van der Waals surface area contributed by atoms with Gasteiger partial charge in [-0.15, -0.1) is 6.58 Å². The first-order chi connectivity index (χ1) is 6.27. The Labute approximate surface area is 76.9 Å². The summed E-state index contributed by atoms with van der Waals surface area (Å²) in [6.45, 7) is 3.58. The number of hydrogen-bond acceptors (Lipinski definition) is 1. The van der Waals surface area contributed by atoms with Gasteiger partial charge in [-0.05, 0) is 29.7 Å². The molecule has 0 aliphatic carbocycles. The molecule has 0 N–H and O–H groups in total. The van der Waals surface area contributed by atoms with E-state index in [1.807, 2.05) is 0 Å². The fourth-order valence-corrected chi connectivity index (χ4v) is 1.23. The molecule has 0 bridgehead atoms. The lowest BCUT2D eigenvalue weighted by atomic mass is 10.0. The van der Waals surface area contributed by atoms with Gasteiger partial charge >= 0.3 is 0 Å². The minimum absolute atomic E-state index is 0.272. The summed E-state index contributed by atoms with van der Waals surface area (Å²) < 4.78 is 12.8. The van der Waals surface area contributed by atoms with Crippen LogP contribution in [0.15, 0.2) is 30.9 Å². The third-order valence-electron chi connectivity index (χ3n) is 1.84. The van der Waals surface area contributed by atoms with Crippen LogP contribution in [-0.2, 0) is 17.6 Å². The molecular weight excluding hydrogens is 167 g/mol. The van der Waals surface area contributed by atoms with Gasteiger partial charge in [0, 0.05) is 6.42 Å². The third kappa shape index (κ3) is 2.51. The SMILES string of the molecule is C=CCc1cc(F)ccc1CC=O. The van der Waals surface area contributed by atoms with Gasteiger partial charge in [0.1, 0.15) is 12.1 Å². The van der Waals surface area contributed by atoms with E-state index >= 15 is 0 Å². The van der Waals surface area contributed by atoms with Gasteiger partial charge in [0.05, 0.1) is 0 Å². The number of benzene rings is 1. The predicted octanol–water partition coefficient (Wildman–Crippen LogP) is 2.30. The second-order valence-corrected chi connectivity index (χ2v) is 2.78. The Morgan fingerprint density at radius 1 is 1.31 bits per heavy atom. The minimum atomic E-state index is -0.272. The lowest BCUT2D eigenvalue weighted by Crippen LogP contribution is -1.95. The molecule has 1 rings (SSSR count). The van der Waals surface area contributed by atoms with Crippen molar-refractivity contribution in [2.75, 3.05) is 0 Å². The smallest absolute Gasteiger partial charge is 0.124 e. The maximum absolute atomic E-state index is 12.8. The van der Waals surface area contributed by atoms with E-state index in [0.29, 0.717) is 12.8 Å². The van der Waals surface area contributed by atoms with Crippen LogP contribution in [0.1, 0.15) is 11.1 Å². The molecule has 0 saturated carbocycles. The molecule has 0 aliphatic rings. The first-order valence-corrected chi connectivity index (χ1v) is 4.09. The summed E-state index contributed by atoms with van der Waals surface area (Å²) in [5, 5.41) is 0. The standard InChI is InChI=1S/C11H11FO/c1-2-3-10-8-11(12)5-4-9(10)6-7-13/h2,4-5,7-8H,1,3,6H2. The van der Waals surface area contributed by atoms with Crippen LogP contribution in [0, 0.1) is 5.82 Å². The van der Waals surface area contributed by atoms with E-state index in [2.05, 4.69) is 6.58 Å². The molecule has 0 heterocycles. The zero-order valence-electron chi connectivity index (χ0n) is 7.29. The summed E-state index contributed by atoms with van der Waals surface area (Å²) in [7, 11) is 0. The van der Waals surface area contributed by atoms with Crippen molar-refractivity contribution in [3.05, 3.63) is 47.8 Å². The van der Waals surface area contributed by atoms with Gasteiger partial charge in [0.2, 0.25) is 0 Å². The van der Waals surface area contributed by atoms with Crippen molar-refractivity contribution in [1.29, 1.82) is 0 Å². The van der Waals surface area contributed by atoms with E-state index in [1.165, 1.54) is 12.1 Å². The quantitative estimate of drug-likeness (QED) is 0.510. The summed E-state index contributed by atoms with van der Waals surface area (Å²) >= 11 is 0. The zero-order valence-corrected chi connectivity index (χ0v) is 7.29. The maximum atomic E-state index is 12.8. The molecule has 1 nitrogen and oxygen atoms in total. The van der Waals surface area contributed by atoms with Crippen LogP contribution in [-0.4, -0.2) is 6.29 Å². The Bertz CT molecular complexity index is 318. The van der Waals surface area contributed by atoms with Crippen molar-refractivity contribution in [2.24, 2.45) is 0 Å². The van der Waals surface area contributed by atoms with Gasteiger partial charge in [-0.1, -0.05) is 12.1 Å². The van der Waals surface area contributed by atoms with E-state index in [9.17, 15) is 9.18 Å². The average molecular weight is 178 g/mol. The second-order valence-electron chi connectivity index (χ2n) is 2.78. The van der Waals surface area contributed by atoms with E-state index in [-0.39, 0.29) is 5.82 Å². The van der Waals surface area contributed by atoms with E-state index in [0.717, 1.165) is 17.4 Å². The Hall–Kier alpha value is -1.44. The van der Waals surface area contributed by atoms with Crippen molar-refractivity contribution in [3.8, 4) is 0 Å². The van der Waals surface area contributed by atoms with Gasteiger partial charge < -0.3 is 4.79 Å².